The highest BCUT2D eigenvalue weighted by Gasteiger charge is 2.24. The highest BCUT2D eigenvalue weighted by molar-refractivity contribution is 5.71. The molecule has 0 amide bonds. The van der Waals surface area contributed by atoms with E-state index in [0.717, 1.165) is 50.2 Å². The lowest BCUT2D eigenvalue weighted by Gasteiger charge is -2.28. The third-order valence-electron chi connectivity index (χ3n) is 4.93. The molecule has 0 aromatic carbocycles. The van der Waals surface area contributed by atoms with Crippen LogP contribution in [0, 0.1) is 5.92 Å². The fourth-order valence-corrected chi connectivity index (χ4v) is 3.71. The van der Waals surface area contributed by atoms with Crippen LogP contribution in [0.5, 0.6) is 0 Å². The number of piperidine rings is 1. The van der Waals surface area contributed by atoms with Crippen LogP contribution in [-0.2, 0) is 11.2 Å². The number of hydrogen-bond acceptors (Lipinski definition) is 4. The minimum absolute atomic E-state index is 0.350. The molecule has 0 saturated carbocycles. The van der Waals surface area contributed by atoms with Crippen molar-refractivity contribution in [3.8, 4) is 0 Å². The molecule has 0 radical (unpaired) electrons. The summed E-state index contributed by atoms with van der Waals surface area (Å²) in [6.45, 7) is 2.88. The van der Waals surface area contributed by atoms with Crippen LogP contribution < -0.4 is 5.32 Å². The molecule has 2 fully saturated rings. The Morgan fingerprint density at radius 1 is 1.23 bits per heavy atom. The quantitative estimate of drug-likeness (QED) is 0.947. The number of pyridine rings is 1. The largest absolute Gasteiger partial charge is 0.381 e. The third-order valence-corrected chi connectivity index (χ3v) is 4.93. The van der Waals surface area contributed by atoms with Gasteiger partial charge in [0, 0.05) is 25.8 Å². The van der Waals surface area contributed by atoms with Crippen molar-refractivity contribution in [2.75, 3.05) is 19.8 Å². The standard InChI is InChI=1S/C17H24N4O/c1-2-8-18-15(5-1)21-16(12-13-6-10-22-11-7-13)20-14-4-3-9-19-17(14)21/h3-4,9,13,15,18H,1-2,5-8,10-12H2. The average molecular weight is 300 g/mol. The molecule has 0 bridgehead atoms. The molecule has 2 aliphatic heterocycles. The molecule has 2 aromatic rings. The smallest absolute Gasteiger partial charge is 0.161 e. The van der Waals surface area contributed by atoms with E-state index in [1.165, 1.54) is 25.1 Å². The average Bonchev–Trinajstić information content (AvgIpc) is 2.94. The van der Waals surface area contributed by atoms with E-state index in [9.17, 15) is 0 Å². The van der Waals surface area contributed by atoms with E-state index in [1.807, 2.05) is 12.3 Å². The highest BCUT2D eigenvalue weighted by atomic mass is 16.5. The van der Waals surface area contributed by atoms with Crippen molar-refractivity contribution in [3.05, 3.63) is 24.2 Å². The first kappa shape index (κ1) is 14.2. The summed E-state index contributed by atoms with van der Waals surface area (Å²) in [4.78, 5) is 9.51. The van der Waals surface area contributed by atoms with Gasteiger partial charge in [0.2, 0.25) is 0 Å². The molecule has 22 heavy (non-hydrogen) atoms. The normalized spacial score (nSPS) is 23.9. The Bertz CT molecular complexity index is 627. The maximum Gasteiger partial charge on any atom is 0.161 e. The zero-order chi connectivity index (χ0) is 14.8. The van der Waals surface area contributed by atoms with Gasteiger partial charge in [0.05, 0.1) is 6.17 Å². The van der Waals surface area contributed by atoms with Crippen LogP contribution in [0.15, 0.2) is 18.3 Å². The second kappa shape index (κ2) is 6.34. The summed E-state index contributed by atoms with van der Waals surface area (Å²) in [5, 5.41) is 3.65. The number of fused-ring (bicyclic) bond motifs is 1. The van der Waals surface area contributed by atoms with Gasteiger partial charge in [-0.05, 0) is 56.7 Å². The van der Waals surface area contributed by atoms with Gasteiger partial charge in [0.25, 0.3) is 0 Å². The minimum atomic E-state index is 0.350. The van der Waals surface area contributed by atoms with E-state index < -0.39 is 0 Å². The van der Waals surface area contributed by atoms with Crippen molar-refractivity contribution in [3.63, 3.8) is 0 Å². The van der Waals surface area contributed by atoms with Crippen LogP contribution in [0.2, 0.25) is 0 Å². The van der Waals surface area contributed by atoms with Crippen LogP contribution in [0.25, 0.3) is 11.2 Å². The predicted octanol–water partition coefficient (Wildman–Crippen LogP) is 2.67. The SMILES string of the molecule is c1cnc2c(c1)nc(CC1CCOCC1)n2C1CCCCN1. The molecule has 2 aliphatic rings. The molecule has 4 heterocycles. The van der Waals surface area contributed by atoms with Crippen LogP contribution in [0.3, 0.4) is 0 Å². The number of ether oxygens (including phenoxy) is 1. The van der Waals surface area contributed by atoms with Gasteiger partial charge in [-0.2, -0.15) is 0 Å². The molecule has 5 nitrogen and oxygen atoms in total. The van der Waals surface area contributed by atoms with Crippen molar-refractivity contribution >= 4 is 11.2 Å². The monoisotopic (exact) mass is 300 g/mol. The summed E-state index contributed by atoms with van der Waals surface area (Å²) < 4.78 is 7.86. The third kappa shape index (κ3) is 2.75. The van der Waals surface area contributed by atoms with Gasteiger partial charge < -0.3 is 4.74 Å². The van der Waals surface area contributed by atoms with Crippen LogP contribution in [0.1, 0.15) is 44.1 Å². The molecular weight excluding hydrogens is 276 g/mol. The summed E-state index contributed by atoms with van der Waals surface area (Å²) in [5.41, 5.74) is 2.06. The molecule has 2 aromatic heterocycles. The van der Waals surface area contributed by atoms with Crippen molar-refractivity contribution in [1.29, 1.82) is 0 Å². The zero-order valence-electron chi connectivity index (χ0n) is 13.0. The van der Waals surface area contributed by atoms with Crippen molar-refractivity contribution < 1.29 is 4.74 Å². The van der Waals surface area contributed by atoms with E-state index in [-0.39, 0.29) is 0 Å². The number of nitrogens with one attached hydrogen (secondary N) is 1. The maximum atomic E-state index is 5.49. The first-order valence-electron chi connectivity index (χ1n) is 8.55. The fourth-order valence-electron chi connectivity index (χ4n) is 3.71. The van der Waals surface area contributed by atoms with Crippen LogP contribution >= 0.6 is 0 Å². The molecule has 1 atom stereocenters. The van der Waals surface area contributed by atoms with E-state index in [0.29, 0.717) is 12.1 Å². The number of hydrogen-bond donors (Lipinski definition) is 1. The first-order valence-corrected chi connectivity index (χ1v) is 8.55. The number of rotatable bonds is 3. The van der Waals surface area contributed by atoms with Gasteiger partial charge >= 0.3 is 0 Å². The molecule has 4 rings (SSSR count). The van der Waals surface area contributed by atoms with Crippen molar-refractivity contribution in [2.45, 2.75) is 44.7 Å². The number of imidazole rings is 1. The van der Waals surface area contributed by atoms with E-state index in [4.69, 9.17) is 9.72 Å². The first-order chi connectivity index (χ1) is 10.9. The van der Waals surface area contributed by atoms with Crippen LogP contribution in [-0.4, -0.2) is 34.3 Å². The van der Waals surface area contributed by atoms with Crippen molar-refractivity contribution in [2.24, 2.45) is 5.92 Å². The van der Waals surface area contributed by atoms with E-state index in [2.05, 4.69) is 20.9 Å². The maximum absolute atomic E-state index is 5.49. The molecule has 0 aliphatic carbocycles. The molecule has 2 saturated heterocycles. The summed E-state index contributed by atoms with van der Waals surface area (Å²) in [6, 6.07) is 4.06. The minimum Gasteiger partial charge on any atom is -0.381 e. The van der Waals surface area contributed by atoms with Gasteiger partial charge in [0.1, 0.15) is 11.3 Å². The van der Waals surface area contributed by atoms with Crippen molar-refractivity contribution in [1.82, 2.24) is 19.9 Å². The molecule has 5 heteroatoms. The molecule has 0 spiro atoms. The Labute approximate surface area is 131 Å². The van der Waals surface area contributed by atoms with Gasteiger partial charge in [0.15, 0.2) is 5.65 Å². The number of nitrogens with zero attached hydrogens (tertiary/aromatic N) is 3. The molecule has 1 unspecified atom stereocenters. The van der Waals surface area contributed by atoms with Gasteiger partial charge in [-0.25, -0.2) is 9.97 Å². The van der Waals surface area contributed by atoms with Gasteiger partial charge in [-0.1, -0.05) is 0 Å². The highest BCUT2D eigenvalue weighted by Crippen LogP contribution is 2.27. The summed E-state index contributed by atoms with van der Waals surface area (Å²) in [7, 11) is 0. The fraction of sp³-hybridized carbons (Fsp3) is 0.647. The number of aromatic nitrogens is 3. The Balaban J connectivity index is 1.68. The van der Waals surface area contributed by atoms with Gasteiger partial charge in [-0.3, -0.25) is 9.88 Å². The lowest BCUT2D eigenvalue weighted by molar-refractivity contribution is 0.0655. The molecule has 1 N–H and O–H groups in total. The van der Waals surface area contributed by atoms with E-state index >= 15 is 0 Å². The summed E-state index contributed by atoms with van der Waals surface area (Å²) in [5.74, 6) is 1.88. The second-order valence-electron chi connectivity index (χ2n) is 6.47. The molecular formula is C17H24N4O. The Morgan fingerprint density at radius 2 is 2.14 bits per heavy atom. The van der Waals surface area contributed by atoms with Crippen LogP contribution in [0.4, 0.5) is 0 Å². The topological polar surface area (TPSA) is 52.0 Å². The molecule has 118 valence electrons. The van der Waals surface area contributed by atoms with Gasteiger partial charge in [-0.15, -0.1) is 0 Å². The summed E-state index contributed by atoms with van der Waals surface area (Å²) in [6.07, 6.45) is 9.28. The lowest BCUT2D eigenvalue weighted by atomic mass is 9.96. The van der Waals surface area contributed by atoms with E-state index in [1.54, 1.807) is 0 Å². The Kier molecular flexibility index (Phi) is 4.08. The predicted molar refractivity (Wildman–Crippen MR) is 85.7 cm³/mol. The Hall–Kier alpha value is -1.46. The lowest BCUT2D eigenvalue weighted by Crippen LogP contribution is -2.33. The zero-order valence-corrected chi connectivity index (χ0v) is 13.0. The Morgan fingerprint density at radius 3 is 2.95 bits per heavy atom. The second-order valence-corrected chi connectivity index (χ2v) is 6.47. The summed E-state index contributed by atoms with van der Waals surface area (Å²) >= 11 is 0.